The molecule has 0 aliphatic rings. The Hall–Kier alpha value is -0.650. The number of thiophene rings is 1. The molecule has 0 bridgehead atoms. The van der Waals surface area contributed by atoms with Crippen molar-refractivity contribution >= 4 is 46.1 Å². The molecule has 0 fully saturated rings. The van der Waals surface area contributed by atoms with Crippen LogP contribution in [0, 0.1) is 0 Å². The van der Waals surface area contributed by atoms with Crippen molar-refractivity contribution in [1.29, 1.82) is 0 Å². The lowest BCUT2D eigenvalue weighted by molar-refractivity contribution is 0.354. The molecule has 1 aromatic carbocycles. The second kappa shape index (κ2) is 6.41. The molecule has 2 aromatic rings. The number of hydrogen-bond donors (Lipinski definition) is 1. The molecular weight excluding hydrogens is 341 g/mol. The predicted octanol–water partition coefficient (Wildman–Crippen LogP) is 4.77. The lowest BCUT2D eigenvalue weighted by atomic mass is 10.0. The Bertz CT molecular complexity index is 630. The normalized spacial score (nSPS) is 12.3. The number of benzene rings is 1. The quantitative estimate of drug-likeness (QED) is 0.861. The van der Waals surface area contributed by atoms with E-state index in [1.165, 1.54) is 11.3 Å². The molecule has 0 radical (unpaired) electrons. The van der Waals surface area contributed by atoms with E-state index >= 15 is 0 Å². The van der Waals surface area contributed by atoms with Crippen LogP contribution in [-0.2, 0) is 0 Å². The third-order valence-electron chi connectivity index (χ3n) is 2.86. The molecule has 2 rings (SSSR count). The van der Waals surface area contributed by atoms with Crippen molar-refractivity contribution in [2.45, 2.75) is 6.04 Å². The van der Waals surface area contributed by atoms with Crippen LogP contribution in [0.1, 0.15) is 17.2 Å². The summed E-state index contributed by atoms with van der Waals surface area (Å²) in [7, 11) is 3.10. The van der Waals surface area contributed by atoms with Crippen LogP contribution in [0.15, 0.2) is 18.2 Å². The summed E-state index contributed by atoms with van der Waals surface area (Å²) in [6.07, 6.45) is 0. The second-order valence-corrected chi connectivity index (χ2v) is 6.68. The van der Waals surface area contributed by atoms with Gasteiger partial charge >= 0.3 is 0 Å². The third-order valence-corrected chi connectivity index (χ3v) is 4.70. The number of methoxy groups -OCH3 is 2. The van der Waals surface area contributed by atoms with Gasteiger partial charge in [-0.1, -0.05) is 34.8 Å². The SMILES string of the molecule is COc1cc(Cl)c(C(N)c2cc(Cl)sc2Cl)cc1OC. The highest BCUT2D eigenvalue weighted by Crippen LogP contribution is 2.41. The first kappa shape index (κ1) is 15.7. The maximum atomic E-state index is 6.25. The van der Waals surface area contributed by atoms with Crippen molar-refractivity contribution in [2.75, 3.05) is 14.2 Å². The van der Waals surface area contributed by atoms with Crippen LogP contribution in [0.25, 0.3) is 0 Å². The van der Waals surface area contributed by atoms with Gasteiger partial charge in [0.1, 0.15) is 0 Å². The van der Waals surface area contributed by atoms with Gasteiger partial charge in [-0.2, -0.15) is 0 Å². The molecule has 3 nitrogen and oxygen atoms in total. The van der Waals surface area contributed by atoms with E-state index in [1.807, 2.05) is 0 Å². The van der Waals surface area contributed by atoms with Crippen LogP contribution >= 0.6 is 46.1 Å². The van der Waals surface area contributed by atoms with Gasteiger partial charge in [0.15, 0.2) is 11.5 Å². The van der Waals surface area contributed by atoms with Crippen molar-refractivity contribution in [3.63, 3.8) is 0 Å². The maximum Gasteiger partial charge on any atom is 0.162 e. The van der Waals surface area contributed by atoms with Crippen LogP contribution in [-0.4, -0.2) is 14.2 Å². The highest BCUT2D eigenvalue weighted by Gasteiger charge is 2.20. The van der Waals surface area contributed by atoms with E-state index in [1.54, 1.807) is 32.4 Å². The first-order valence-corrected chi connectivity index (χ1v) is 7.54. The molecule has 0 saturated carbocycles. The van der Waals surface area contributed by atoms with Gasteiger partial charge in [0, 0.05) is 16.7 Å². The van der Waals surface area contributed by atoms with E-state index in [-0.39, 0.29) is 0 Å². The fourth-order valence-electron chi connectivity index (χ4n) is 1.84. The fourth-order valence-corrected chi connectivity index (χ4v) is 3.66. The van der Waals surface area contributed by atoms with Crippen LogP contribution in [0.3, 0.4) is 0 Å². The molecule has 1 aromatic heterocycles. The smallest absolute Gasteiger partial charge is 0.162 e. The van der Waals surface area contributed by atoms with E-state index in [0.29, 0.717) is 30.8 Å². The standard InChI is InChI=1S/C13H12Cl3NO2S/c1-18-9-3-6(8(14)5-10(9)19-2)12(17)7-4-11(15)20-13(7)16/h3-5,12H,17H2,1-2H3. The van der Waals surface area contributed by atoms with E-state index in [4.69, 9.17) is 50.0 Å². The maximum absolute atomic E-state index is 6.25. The van der Waals surface area contributed by atoms with Crippen LogP contribution in [0.4, 0.5) is 0 Å². The van der Waals surface area contributed by atoms with Crippen LogP contribution in [0.2, 0.25) is 13.7 Å². The zero-order valence-electron chi connectivity index (χ0n) is 10.7. The topological polar surface area (TPSA) is 44.5 Å². The minimum Gasteiger partial charge on any atom is -0.493 e. The van der Waals surface area contributed by atoms with Gasteiger partial charge in [-0.3, -0.25) is 0 Å². The van der Waals surface area contributed by atoms with E-state index in [9.17, 15) is 0 Å². The molecule has 2 N–H and O–H groups in total. The van der Waals surface area contributed by atoms with E-state index in [0.717, 1.165) is 5.56 Å². The van der Waals surface area contributed by atoms with Crippen molar-refractivity contribution in [1.82, 2.24) is 0 Å². The molecule has 1 heterocycles. The largest absolute Gasteiger partial charge is 0.493 e. The van der Waals surface area contributed by atoms with Gasteiger partial charge in [-0.15, -0.1) is 11.3 Å². The minimum atomic E-state index is -0.487. The fraction of sp³-hybridized carbons (Fsp3) is 0.231. The Morgan fingerprint density at radius 2 is 1.60 bits per heavy atom. The van der Waals surface area contributed by atoms with Gasteiger partial charge < -0.3 is 15.2 Å². The van der Waals surface area contributed by atoms with Gasteiger partial charge in [0.2, 0.25) is 0 Å². The van der Waals surface area contributed by atoms with Crippen molar-refractivity contribution in [3.05, 3.63) is 43.0 Å². The zero-order valence-corrected chi connectivity index (χ0v) is 13.8. The molecule has 108 valence electrons. The van der Waals surface area contributed by atoms with Gasteiger partial charge in [0.05, 0.1) is 28.9 Å². The van der Waals surface area contributed by atoms with Crippen molar-refractivity contribution < 1.29 is 9.47 Å². The molecule has 0 spiro atoms. The molecule has 20 heavy (non-hydrogen) atoms. The summed E-state index contributed by atoms with van der Waals surface area (Å²) in [5.74, 6) is 1.10. The zero-order chi connectivity index (χ0) is 14.9. The number of nitrogens with two attached hydrogens (primary N) is 1. The summed E-state index contributed by atoms with van der Waals surface area (Å²) in [4.78, 5) is 0. The molecule has 0 saturated heterocycles. The molecule has 7 heteroatoms. The Morgan fingerprint density at radius 1 is 1.00 bits per heavy atom. The average Bonchev–Trinajstić information content (AvgIpc) is 2.76. The predicted molar refractivity (Wildman–Crippen MR) is 84.9 cm³/mol. The monoisotopic (exact) mass is 351 g/mol. The first-order chi connectivity index (χ1) is 9.47. The summed E-state index contributed by atoms with van der Waals surface area (Å²) in [5.41, 5.74) is 7.66. The van der Waals surface area contributed by atoms with Gasteiger partial charge in [-0.05, 0) is 17.7 Å². The number of ether oxygens (including phenoxy) is 2. The molecule has 1 atom stereocenters. The Morgan fingerprint density at radius 3 is 2.10 bits per heavy atom. The van der Waals surface area contributed by atoms with Crippen molar-refractivity contribution in [3.8, 4) is 11.5 Å². The highest BCUT2D eigenvalue weighted by atomic mass is 35.5. The van der Waals surface area contributed by atoms with Gasteiger partial charge in [-0.25, -0.2) is 0 Å². The molecule has 0 aliphatic carbocycles. The summed E-state index contributed by atoms with van der Waals surface area (Å²) in [6.45, 7) is 0. The van der Waals surface area contributed by atoms with Crippen molar-refractivity contribution in [2.24, 2.45) is 5.73 Å². The Labute approximate surface area is 136 Å². The number of hydrogen-bond acceptors (Lipinski definition) is 4. The summed E-state index contributed by atoms with van der Waals surface area (Å²) in [6, 6.07) is 4.66. The number of halogens is 3. The first-order valence-electron chi connectivity index (χ1n) is 5.59. The molecular formula is C13H12Cl3NO2S. The Kier molecular flexibility index (Phi) is 5.04. The lowest BCUT2D eigenvalue weighted by Crippen LogP contribution is -2.12. The molecule has 1 unspecified atom stereocenters. The summed E-state index contributed by atoms with van der Waals surface area (Å²) in [5, 5.41) is 0.480. The Balaban J connectivity index is 2.49. The summed E-state index contributed by atoms with van der Waals surface area (Å²) < 4.78 is 11.6. The van der Waals surface area contributed by atoms with E-state index in [2.05, 4.69) is 0 Å². The highest BCUT2D eigenvalue weighted by molar-refractivity contribution is 7.20. The molecule has 0 aliphatic heterocycles. The van der Waals surface area contributed by atoms with Crippen LogP contribution in [0.5, 0.6) is 11.5 Å². The third kappa shape index (κ3) is 3.00. The lowest BCUT2D eigenvalue weighted by Gasteiger charge is -2.16. The van der Waals surface area contributed by atoms with E-state index < -0.39 is 6.04 Å². The van der Waals surface area contributed by atoms with Gasteiger partial charge in [0.25, 0.3) is 0 Å². The summed E-state index contributed by atoms with van der Waals surface area (Å²) >= 11 is 19.6. The average molecular weight is 353 g/mol. The number of rotatable bonds is 4. The second-order valence-electron chi connectivity index (χ2n) is 3.99. The van der Waals surface area contributed by atoms with Crippen LogP contribution < -0.4 is 15.2 Å². The molecule has 0 amide bonds. The minimum absolute atomic E-state index is 0.480.